The molecule has 0 spiro atoms. The molecule has 6 heteroatoms. The predicted molar refractivity (Wildman–Crippen MR) is 121 cm³/mol. The minimum absolute atomic E-state index is 0.0143. The Kier molecular flexibility index (Phi) is 5.75. The van der Waals surface area contributed by atoms with Gasteiger partial charge in [-0.25, -0.2) is 0 Å². The van der Waals surface area contributed by atoms with Crippen LogP contribution in [0, 0.1) is 17.3 Å². The van der Waals surface area contributed by atoms with E-state index in [2.05, 4.69) is 19.2 Å². The number of hydrogen-bond donors (Lipinski definition) is 1. The highest BCUT2D eigenvalue weighted by molar-refractivity contribution is 6.13. The number of Topliss-reactive ketones (excluding diaryl/α,β-unsaturated/α-hetero) is 2. The van der Waals surface area contributed by atoms with Crippen molar-refractivity contribution in [1.82, 2.24) is 5.32 Å². The van der Waals surface area contributed by atoms with Crippen molar-refractivity contribution in [3.05, 3.63) is 81.7 Å². The van der Waals surface area contributed by atoms with Gasteiger partial charge in [0.2, 0.25) is 0 Å². The van der Waals surface area contributed by atoms with Crippen LogP contribution in [0.3, 0.4) is 0 Å². The van der Waals surface area contributed by atoms with Gasteiger partial charge in [-0.15, -0.1) is 0 Å². The van der Waals surface area contributed by atoms with Gasteiger partial charge in [-0.1, -0.05) is 58.1 Å². The topological polar surface area (TPSA) is 46.2 Å². The van der Waals surface area contributed by atoms with Gasteiger partial charge in [0.15, 0.2) is 11.6 Å². The monoisotopic (exact) mass is 455 g/mol. The molecule has 174 valence electrons. The van der Waals surface area contributed by atoms with E-state index in [1.165, 1.54) is 12.1 Å². The molecule has 1 atom stereocenters. The number of carbonyl (C=O) groups is 2. The van der Waals surface area contributed by atoms with E-state index in [0.717, 1.165) is 35.5 Å². The Morgan fingerprint density at radius 3 is 2.33 bits per heavy atom. The number of ketones is 2. The molecule has 3 nitrogen and oxygen atoms in total. The molecule has 1 unspecified atom stereocenters. The van der Waals surface area contributed by atoms with Crippen molar-refractivity contribution in [2.24, 2.45) is 17.3 Å². The van der Waals surface area contributed by atoms with Crippen LogP contribution in [0.1, 0.15) is 62.9 Å². The van der Waals surface area contributed by atoms with Crippen LogP contribution in [0.2, 0.25) is 0 Å². The highest BCUT2D eigenvalue weighted by Crippen LogP contribution is 2.47. The third-order valence-electron chi connectivity index (χ3n) is 6.50. The van der Waals surface area contributed by atoms with Gasteiger partial charge < -0.3 is 5.32 Å². The van der Waals surface area contributed by atoms with Crippen LogP contribution in [0.4, 0.5) is 13.2 Å². The maximum Gasteiger partial charge on any atom is 0.416 e. The van der Waals surface area contributed by atoms with Crippen molar-refractivity contribution in [1.29, 1.82) is 0 Å². The molecule has 1 aromatic rings. The Hall–Kier alpha value is -2.89. The number of nitrogens with one attached hydrogen (secondary N) is 1. The SMILES string of the molecule is CC(C)C1=C(C(=O)c2ccc(C(F)(F)F)cc2)C(C2=CCC=C2)C2=C(CC(C)(C)CC2=O)N1. The van der Waals surface area contributed by atoms with Gasteiger partial charge in [0.1, 0.15) is 0 Å². The second-order valence-electron chi connectivity index (χ2n) is 10.1. The first-order chi connectivity index (χ1) is 15.4. The lowest BCUT2D eigenvalue weighted by molar-refractivity contribution is -0.137. The van der Waals surface area contributed by atoms with E-state index < -0.39 is 17.7 Å². The molecule has 0 amide bonds. The lowest BCUT2D eigenvalue weighted by atomic mass is 9.67. The van der Waals surface area contributed by atoms with E-state index in [1.807, 2.05) is 32.1 Å². The fourth-order valence-corrected chi connectivity index (χ4v) is 5.01. The third kappa shape index (κ3) is 4.35. The zero-order valence-corrected chi connectivity index (χ0v) is 19.3. The summed E-state index contributed by atoms with van der Waals surface area (Å²) in [5, 5.41) is 3.42. The van der Waals surface area contributed by atoms with Crippen LogP contribution in [0.5, 0.6) is 0 Å². The predicted octanol–water partition coefficient (Wildman–Crippen LogP) is 6.55. The number of carbonyl (C=O) groups excluding carboxylic acids is 2. The highest BCUT2D eigenvalue weighted by Gasteiger charge is 2.44. The Morgan fingerprint density at radius 1 is 1.12 bits per heavy atom. The molecule has 0 aromatic heterocycles. The van der Waals surface area contributed by atoms with Crippen LogP contribution in [-0.4, -0.2) is 11.6 Å². The molecule has 1 aliphatic heterocycles. The van der Waals surface area contributed by atoms with Gasteiger partial charge in [-0.3, -0.25) is 9.59 Å². The smallest absolute Gasteiger partial charge is 0.361 e. The van der Waals surface area contributed by atoms with Crippen LogP contribution in [0.25, 0.3) is 0 Å². The third-order valence-corrected chi connectivity index (χ3v) is 6.50. The van der Waals surface area contributed by atoms with Gasteiger partial charge >= 0.3 is 6.18 Å². The quantitative estimate of drug-likeness (QED) is 0.524. The van der Waals surface area contributed by atoms with Crippen LogP contribution in [0.15, 0.2) is 70.6 Å². The number of allylic oxidation sites excluding steroid dienone is 8. The summed E-state index contributed by atoms with van der Waals surface area (Å²) in [7, 11) is 0. The summed E-state index contributed by atoms with van der Waals surface area (Å²) in [6, 6.07) is 4.31. The first-order valence-electron chi connectivity index (χ1n) is 11.2. The lowest BCUT2D eigenvalue weighted by Gasteiger charge is -2.41. The Balaban J connectivity index is 1.86. The van der Waals surface area contributed by atoms with E-state index in [1.54, 1.807) is 0 Å². The Bertz CT molecular complexity index is 1130. The molecule has 4 rings (SSSR count). The minimum atomic E-state index is -4.47. The van der Waals surface area contributed by atoms with E-state index in [-0.39, 0.29) is 28.5 Å². The summed E-state index contributed by atoms with van der Waals surface area (Å²) in [4.78, 5) is 27.1. The summed E-state index contributed by atoms with van der Waals surface area (Å²) in [6.45, 7) is 8.06. The summed E-state index contributed by atoms with van der Waals surface area (Å²) < 4.78 is 39.1. The van der Waals surface area contributed by atoms with E-state index in [4.69, 9.17) is 0 Å². The number of hydrogen-bond acceptors (Lipinski definition) is 3. The maximum atomic E-state index is 13.8. The number of halogens is 3. The molecule has 33 heavy (non-hydrogen) atoms. The normalized spacial score (nSPS) is 22.5. The molecular weight excluding hydrogens is 427 g/mol. The molecule has 0 radical (unpaired) electrons. The van der Waals surface area contributed by atoms with E-state index >= 15 is 0 Å². The average Bonchev–Trinajstić information content (AvgIpc) is 3.25. The maximum absolute atomic E-state index is 13.8. The van der Waals surface area contributed by atoms with Crippen molar-refractivity contribution in [3.8, 4) is 0 Å². The molecule has 0 bridgehead atoms. The fourth-order valence-electron chi connectivity index (χ4n) is 5.01. The molecule has 3 aliphatic rings. The lowest BCUT2D eigenvalue weighted by Crippen LogP contribution is -2.41. The zero-order valence-electron chi connectivity index (χ0n) is 19.3. The Labute approximate surface area is 192 Å². The van der Waals surface area contributed by atoms with Crippen LogP contribution in [-0.2, 0) is 11.0 Å². The number of benzene rings is 1. The van der Waals surface area contributed by atoms with Gasteiger partial charge in [-0.2, -0.15) is 13.2 Å². The summed E-state index contributed by atoms with van der Waals surface area (Å²) in [6.07, 6.45) is 3.29. The van der Waals surface area contributed by atoms with Crippen molar-refractivity contribution in [3.63, 3.8) is 0 Å². The van der Waals surface area contributed by atoms with Crippen LogP contribution >= 0.6 is 0 Å². The summed E-state index contributed by atoms with van der Waals surface area (Å²) >= 11 is 0. The van der Waals surface area contributed by atoms with Crippen molar-refractivity contribution in [2.75, 3.05) is 0 Å². The largest absolute Gasteiger partial charge is 0.416 e. The molecular formula is C27H28F3NO2. The number of rotatable bonds is 4. The van der Waals surface area contributed by atoms with Gasteiger partial charge in [0.25, 0.3) is 0 Å². The standard InChI is InChI=1S/C27H28F3NO2/c1-15(2)24-23(25(33)17-9-11-18(12-10-17)27(28,29)30)21(16-7-5-6-8-16)22-19(31-24)13-26(3,4)14-20(22)32/h5,7-12,15,21,31H,6,13-14H2,1-4H3. The second-order valence-corrected chi connectivity index (χ2v) is 10.1. The number of alkyl halides is 3. The molecule has 2 aliphatic carbocycles. The molecule has 1 N–H and O–H groups in total. The van der Waals surface area contributed by atoms with Crippen molar-refractivity contribution in [2.45, 2.75) is 53.1 Å². The molecule has 1 aromatic carbocycles. The zero-order chi connectivity index (χ0) is 24.1. The molecule has 0 saturated heterocycles. The van der Waals surface area contributed by atoms with Gasteiger partial charge in [0, 0.05) is 40.4 Å². The number of dihydropyridines is 1. The summed E-state index contributed by atoms with van der Waals surface area (Å²) in [5.74, 6) is -0.896. The molecule has 0 saturated carbocycles. The van der Waals surface area contributed by atoms with E-state index in [0.29, 0.717) is 24.0 Å². The Morgan fingerprint density at radius 2 is 1.79 bits per heavy atom. The van der Waals surface area contributed by atoms with E-state index in [9.17, 15) is 22.8 Å². The van der Waals surface area contributed by atoms with Crippen molar-refractivity contribution >= 4 is 11.6 Å². The minimum Gasteiger partial charge on any atom is -0.361 e. The molecule has 1 heterocycles. The average molecular weight is 456 g/mol. The van der Waals surface area contributed by atoms with Gasteiger partial charge in [-0.05, 0) is 41.9 Å². The van der Waals surface area contributed by atoms with Crippen LogP contribution < -0.4 is 5.32 Å². The highest BCUT2D eigenvalue weighted by atomic mass is 19.4. The summed E-state index contributed by atoms with van der Waals surface area (Å²) in [5.41, 5.74) is 2.74. The first kappa shape index (κ1) is 23.3. The fraction of sp³-hybridized carbons (Fsp3) is 0.407. The van der Waals surface area contributed by atoms with Gasteiger partial charge in [0.05, 0.1) is 5.56 Å². The van der Waals surface area contributed by atoms with Crippen molar-refractivity contribution < 1.29 is 22.8 Å². The first-order valence-corrected chi connectivity index (χ1v) is 11.2. The second kappa shape index (κ2) is 8.15. The molecule has 0 fully saturated rings.